The summed E-state index contributed by atoms with van der Waals surface area (Å²) < 4.78 is 25.8. The molecule has 0 spiro atoms. The molecule has 3 saturated heterocycles. The van der Waals surface area contributed by atoms with Crippen LogP contribution in [0.4, 0.5) is 8.96 Å². The van der Waals surface area contributed by atoms with Crippen LogP contribution in [0, 0.1) is 0 Å². The highest BCUT2D eigenvalue weighted by atomic mass is 19.2. The minimum absolute atomic E-state index is 0.372. The molecule has 0 N–H and O–H groups in total. The lowest BCUT2D eigenvalue weighted by atomic mass is 10.2. The molecule has 3 rings (SSSR count). The third-order valence-corrected chi connectivity index (χ3v) is 2.70. The van der Waals surface area contributed by atoms with Crippen LogP contribution in [-0.4, -0.2) is 48.7 Å². The highest BCUT2D eigenvalue weighted by Gasteiger charge is 2.52. The number of hydrogen-bond donors (Lipinski definition) is 0. The highest BCUT2D eigenvalue weighted by molar-refractivity contribution is 4.52. The van der Waals surface area contributed by atoms with Crippen LogP contribution >= 0.6 is 0 Å². The molecule has 0 atom stereocenters. The zero-order valence-electron chi connectivity index (χ0n) is 5.89. The average molecular weight is 150 g/mol. The Morgan fingerprint density at radius 1 is 0.600 bits per heavy atom. The Balaban J connectivity index is 2.16. The Bertz CT molecular complexity index is 117. The Labute approximate surface area is 58.7 Å². The van der Waals surface area contributed by atoms with Gasteiger partial charge < -0.3 is 0 Å². The zero-order chi connectivity index (χ0) is 7.24. The van der Waals surface area contributed by atoms with Gasteiger partial charge in [-0.1, -0.05) is 0 Å². The second kappa shape index (κ2) is 1.68. The van der Waals surface area contributed by atoms with Crippen molar-refractivity contribution in [2.75, 3.05) is 39.3 Å². The monoisotopic (exact) mass is 150 g/mol. The summed E-state index contributed by atoms with van der Waals surface area (Å²) in [5, 5.41) is 0. The second-order valence-corrected chi connectivity index (χ2v) is 3.40. The van der Waals surface area contributed by atoms with E-state index < -0.39 is 0 Å². The van der Waals surface area contributed by atoms with E-state index in [0.29, 0.717) is 39.3 Å². The van der Waals surface area contributed by atoms with E-state index in [4.69, 9.17) is 0 Å². The van der Waals surface area contributed by atoms with E-state index in [2.05, 4.69) is 0 Å². The second-order valence-electron chi connectivity index (χ2n) is 3.40. The van der Waals surface area contributed by atoms with E-state index in [1.807, 2.05) is 0 Å². The SMILES string of the molecule is F[N+]12CC[N+](F)(CC1)CC2. The van der Waals surface area contributed by atoms with Gasteiger partial charge in [-0.25, -0.2) is 0 Å². The molecule has 0 amide bonds. The summed E-state index contributed by atoms with van der Waals surface area (Å²) in [5.74, 6) is 0. The van der Waals surface area contributed by atoms with Gasteiger partial charge >= 0.3 is 0 Å². The maximum Gasteiger partial charge on any atom is 0.168 e. The van der Waals surface area contributed by atoms with Crippen molar-refractivity contribution >= 4 is 0 Å². The number of piperazine rings is 3. The van der Waals surface area contributed by atoms with Gasteiger partial charge in [0.2, 0.25) is 0 Å². The average Bonchev–Trinajstić information content (AvgIpc) is 1.93. The number of quaternary nitrogens is 2. The van der Waals surface area contributed by atoms with Crippen molar-refractivity contribution in [3.8, 4) is 0 Å². The molecule has 0 aromatic carbocycles. The molecule has 3 aliphatic rings. The number of nitrogens with zero attached hydrogens (tertiary/aromatic N) is 2. The zero-order valence-corrected chi connectivity index (χ0v) is 5.89. The highest BCUT2D eigenvalue weighted by Crippen LogP contribution is 2.26. The fourth-order valence-electron chi connectivity index (χ4n) is 1.75. The summed E-state index contributed by atoms with van der Waals surface area (Å²) in [6, 6.07) is 0. The van der Waals surface area contributed by atoms with E-state index in [1.165, 1.54) is 0 Å². The van der Waals surface area contributed by atoms with Crippen LogP contribution in [0.15, 0.2) is 0 Å². The van der Waals surface area contributed by atoms with Crippen molar-refractivity contribution < 1.29 is 18.4 Å². The lowest BCUT2D eigenvalue weighted by molar-refractivity contribution is -1.19. The normalized spacial score (nSPS) is 53.4. The van der Waals surface area contributed by atoms with Gasteiger partial charge in [0.05, 0.1) is 0 Å². The molecule has 3 heterocycles. The molecule has 2 nitrogen and oxygen atoms in total. The van der Waals surface area contributed by atoms with Gasteiger partial charge in [-0.2, -0.15) is 0 Å². The van der Waals surface area contributed by atoms with E-state index in [1.54, 1.807) is 0 Å². The van der Waals surface area contributed by atoms with Crippen LogP contribution in [-0.2, 0) is 0 Å². The molecule has 3 fully saturated rings. The predicted octanol–water partition coefficient (Wildman–Crippen LogP) is 0.416. The molecule has 10 heavy (non-hydrogen) atoms. The van der Waals surface area contributed by atoms with Gasteiger partial charge in [0.15, 0.2) is 39.3 Å². The third kappa shape index (κ3) is 0.828. The van der Waals surface area contributed by atoms with Crippen molar-refractivity contribution in [2.24, 2.45) is 0 Å². The lowest BCUT2D eigenvalue weighted by Crippen LogP contribution is -2.68. The van der Waals surface area contributed by atoms with Crippen molar-refractivity contribution in [1.29, 1.82) is 0 Å². The predicted molar refractivity (Wildman–Crippen MR) is 31.9 cm³/mol. The summed E-state index contributed by atoms with van der Waals surface area (Å²) in [4.78, 5) is 0. The molecular weight excluding hydrogens is 138 g/mol. The summed E-state index contributed by atoms with van der Waals surface area (Å²) >= 11 is 0. The maximum absolute atomic E-state index is 13.3. The molecule has 0 aromatic rings. The number of hydrogen-bond acceptors (Lipinski definition) is 0. The molecular formula is C6H12F2N2+2. The van der Waals surface area contributed by atoms with E-state index in [9.17, 15) is 8.96 Å². The number of halogens is 2. The van der Waals surface area contributed by atoms with Crippen LogP contribution in [0.3, 0.4) is 0 Å². The first-order chi connectivity index (χ1) is 4.62. The van der Waals surface area contributed by atoms with Gasteiger partial charge in [-0.15, -0.1) is 9.41 Å². The summed E-state index contributed by atoms with van der Waals surface area (Å²) in [7, 11) is 0. The topological polar surface area (TPSA) is 0 Å². The number of rotatable bonds is 0. The summed E-state index contributed by atoms with van der Waals surface area (Å²) in [5.41, 5.74) is 0. The smallest absolute Gasteiger partial charge is 0.114 e. The first-order valence-corrected chi connectivity index (χ1v) is 3.74. The molecule has 0 aliphatic carbocycles. The molecule has 3 aliphatic heterocycles. The van der Waals surface area contributed by atoms with Gasteiger partial charge in [-0.3, -0.25) is 0 Å². The molecule has 4 heteroatoms. The van der Waals surface area contributed by atoms with Crippen LogP contribution in [0.5, 0.6) is 0 Å². The van der Waals surface area contributed by atoms with Gasteiger partial charge in [0.1, 0.15) is 0 Å². The standard InChI is InChI=1S/C6H12F2N2/c7-9-1-2-10(8,5-3-9)6-4-9/h1-6H2/q+2. The first kappa shape index (κ1) is 6.49. The molecule has 2 bridgehead atoms. The molecule has 0 saturated carbocycles. The van der Waals surface area contributed by atoms with Gasteiger partial charge in [0.25, 0.3) is 0 Å². The van der Waals surface area contributed by atoms with Crippen molar-refractivity contribution in [1.82, 2.24) is 0 Å². The summed E-state index contributed by atoms with van der Waals surface area (Å²) in [6.45, 7) is 2.23. The van der Waals surface area contributed by atoms with Gasteiger partial charge in [0, 0.05) is 0 Å². The van der Waals surface area contributed by atoms with Crippen LogP contribution in [0.1, 0.15) is 0 Å². The minimum Gasteiger partial charge on any atom is -0.114 e. The maximum atomic E-state index is 13.3. The van der Waals surface area contributed by atoms with Crippen LogP contribution in [0.25, 0.3) is 0 Å². The Hall–Kier alpha value is -0.220. The third-order valence-electron chi connectivity index (χ3n) is 2.70. The van der Waals surface area contributed by atoms with Crippen LogP contribution < -0.4 is 0 Å². The first-order valence-electron chi connectivity index (χ1n) is 3.74. The van der Waals surface area contributed by atoms with Crippen molar-refractivity contribution in [3.63, 3.8) is 0 Å². The van der Waals surface area contributed by atoms with E-state index >= 15 is 0 Å². The summed E-state index contributed by atoms with van der Waals surface area (Å²) in [6.07, 6.45) is 0. The Kier molecular flexibility index (Phi) is 1.09. The van der Waals surface area contributed by atoms with Gasteiger partial charge in [-0.05, 0) is 8.96 Å². The number of fused-ring (bicyclic) bond motifs is 3. The largest absolute Gasteiger partial charge is 0.168 e. The molecule has 0 aromatic heterocycles. The minimum atomic E-state index is -0.385. The molecule has 0 radical (unpaired) electrons. The molecule has 58 valence electrons. The molecule has 0 unspecified atom stereocenters. The fraction of sp³-hybridized carbons (Fsp3) is 1.00. The van der Waals surface area contributed by atoms with E-state index in [-0.39, 0.29) is 9.41 Å². The Morgan fingerprint density at radius 2 is 0.800 bits per heavy atom. The van der Waals surface area contributed by atoms with Crippen LogP contribution in [0.2, 0.25) is 0 Å². The lowest BCUT2D eigenvalue weighted by Gasteiger charge is -2.42. The fourth-order valence-corrected chi connectivity index (χ4v) is 1.75. The van der Waals surface area contributed by atoms with E-state index in [0.717, 1.165) is 0 Å². The van der Waals surface area contributed by atoms with Crippen molar-refractivity contribution in [2.45, 2.75) is 0 Å². The quantitative estimate of drug-likeness (QED) is 0.439. The Morgan fingerprint density at radius 3 is 1.00 bits per heavy atom. The van der Waals surface area contributed by atoms with Crippen molar-refractivity contribution in [3.05, 3.63) is 0 Å².